The Hall–Kier alpha value is -3.96. The molecule has 2 aromatic carbocycles. The predicted octanol–water partition coefficient (Wildman–Crippen LogP) is 3.18. The van der Waals surface area contributed by atoms with Crippen LogP contribution in [0.5, 0.6) is 0 Å². The Balaban J connectivity index is 1.40. The summed E-state index contributed by atoms with van der Waals surface area (Å²) >= 11 is 0. The van der Waals surface area contributed by atoms with E-state index in [4.69, 9.17) is 10.00 Å². The van der Waals surface area contributed by atoms with E-state index in [0.29, 0.717) is 35.8 Å². The van der Waals surface area contributed by atoms with Crippen molar-refractivity contribution in [2.24, 2.45) is 0 Å². The van der Waals surface area contributed by atoms with Gasteiger partial charge in [-0.05, 0) is 42.5 Å². The van der Waals surface area contributed by atoms with E-state index >= 15 is 0 Å². The Morgan fingerprint density at radius 3 is 2.60 bits per heavy atom. The predicted molar refractivity (Wildman–Crippen MR) is 114 cm³/mol. The van der Waals surface area contributed by atoms with Crippen molar-refractivity contribution in [2.45, 2.75) is 0 Å². The number of ether oxygens (including phenoxy) is 1. The highest BCUT2D eigenvalue weighted by atomic mass is 16.5. The summed E-state index contributed by atoms with van der Waals surface area (Å²) in [6.07, 6.45) is 1.75. The summed E-state index contributed by atoms with van der Waals surface area (Å²) in [5, 5.41) is 23.3. The molecule has 4 rings (SSSR count). The summed E-state index contributed by atoms with van der Waals surface area (Å²) in [6, 6.07) is 17.9. The summed E-state index contributed by atoms with van der Waals surface area (Å²) in [5.41, 5.74) is 3.36. The van der Waals surface area contributed by atoms with Crippen LogP contribution in [0.2, 0.25) is 0 Å². The lowest BCUT2D eigenvalue weighted by Crippen LogP contribution is -2.36. The molecule has 1 amide bonds. The molecule has 3 aromatic rings. The minimum absolute atomic E-state index is 0.267. The van der Waals surface area contributed by atoms with E-state index in [1.165, 1.54) is 0 Å². The summed E-state index contributed by atoms with van der Waals surface area (Å²) < 4.78 is 5.39. The van der Waals surface area contributed by atoms with Crippen LogP contribution in [0.25, 0.3) is 0 Å². The largest absolute Gasteiger partial charge is 0.378 e. The number of aromatic nitrogens is 2. The van der Waals surface area contributed by atoms with Crippen LogP contribution < -0.4 is 15.5 Å². The van der Waals surface area contributed by atoms with Crippen LogP contribution in [-0.2, 0) is 4.74 Å². The number of nitrogens with zero attached hydrogens (tertiary/aromatic N) is 4. The maximum atomic E-state index is 12.4. The minimum atomic E-state index is -0.267. The number of carbonyl (C=O) groups excluding carboxylic acids is 1. The molecule has 2 heterocycles. The van der Waals surface area contributed by atoms with Crippen molar-refractivity contribution >= 4 is 28.8 Å². The molecule has 0 saturated carbocycles. The molecule has 0 spiro atoms. The average molecular weight is 400 g/mol. The molecule has 0 atom stereocenters. The van der Waals surface area contributed by atoms with Crippen molar-refractivity contribution in [1.29, 1.82) is 5.26 Å². The molecule has 0 aliphatic carbocycles. The number of amides is 1. The summed E-state index contributed by atoms with van der Waals surface area (Å²) in [7, 11) is 0. The first-order chi connectivity index (χ1) is 14.7. The van der Waals surface area contributed by atoms with Crippen LogP contribution in [0.15, 0.2) is 60.8 Å². The highest BCUT2D eigenvalue weighted by Crippen LogP contribution is 2.22. The first-order valence-corrected chi connectivity index (χ1v) is 9.55. The molecule has 1 aliphatic heterocycles. The number of morpholine rings is 1. The topological polar surface area (TPSA) is 103 Å². The van der Waals surface area contributed by atoms with E-state index in [0.717, 1.165) is 24.5 Å². The van der Waals surface area contributed by atoms with Gasteiger partial charge in [0.25, 0.3) is 5.91 Å². The maximum Gasteiger partial charge on any atom is 0.255 e. The van der Waals surface area contributed by atoms with Gasteiger partial charge in [-0.25, -0.2) is 0 Å². The Morgan fingerprint density at radius 2 is 1.83 bits per heavy atom. The second-order valence-corrected chi connectivity index (χ2v) is 6.75. The van der Waals surface area contributed by atoms with E-state index in [-0.39, 0.29) is 5.91 Å². The Bertz CT molecular complexity index is 1070. The van der Waals surface area contributed by atoms with E-state index < -0.39 is 0 Å². The van der Waals surface area contributed by atoms with Gasteiger partial charge >= 0.3 is 0 Å². The minimum Gasteiger partial charge on any atom is -0.378 e. The zero-order valence-electron chi connectivity index (χ0n) is 16.2. The van der Waals surface area contributed by atoms with Crippen molar-refractivity contribution in [1.82, 2.24) is 10.2 Å². The van der Waals surface area contributed by atoms with Crippen LogP contribution in [0.1, 0.15) is 15.9 Å². The number of hydrogen-bond donors (Lipinski definition) is 2. The van der Waals surface area contributed by atoms with Gasteiger partial charge in [0.05, 0.1) is 36.7 Å². The van der Waals surface area contributed by atoms with Gasteiger partial charge in [-0.1, -0.05) is 6.07 Å². The van der Waals surface area contributed by atoms with Gasteiger partial charge in [0.15, 0.2) is 5.82 Å². The number of benzene rings is 2. The third kappa shape index (κ3) is 4.71. The number of anilines is 4. The smallest absolute Gasteiger partial charge is 0.255 e. The van der Waals surface area contributed by atoms with Gasteiger partial charge in [-0.15, -0.1) is 5.10 Å². The van der Waals surface area contributed by atoms with E-state index in [1.54, 1.807) is 42.6 Å². The molecule has 150 valence electrons. The first kappa shape index (κ1) is 19.4. The van der Waals surface area contributed by atoms with Gasteiger partial charge in [-0.3, -0.25) is 4.79 Å². The zero-order valence-corrected chi connectivity index (χ0v) is 16.2. The first-order valence-electron chi connectivity index (χ1n) is 9.55. The Kier molecular flexibility index (Phi) is 5.83. The molecule has 2 N–H and O–H groups in total. The fourth-order valence-electron chi connectivity index (χ4n) is 3.13. The van der Waals surface area contributed by atoms with Crippen molar-refractivity contribution in [3.8, 4) is 6.07 Å². The second kappa shape index (κ2) is 9.03. The molecule has 1 aliphatic rings. The maximum absolute atomic E-state index is 12.4. The number of hydrogen-bond acceptors (Lipinski definition) is 7. The van der Waals surface area contributed by atoms with Crippen molar-refractivity contribution in [2.75, 3.05) is 41.8 Å². The second-order valence-electron chi connectivity index (χ2n) is 6.75. The highest BCUT2D eigenvalue weighted by molar-refractivity contribution is 6.04. The van der Waals surface area contributed by atoms with Gasteiger partial charge in [0.1, 0.15) is 0 Å². The lowest BCUT2D eigenvalue weighted by Gasteiger charge is -2.28. The van der Waals surface area contributed by atoms with E-state index in [9.17, 15) is 4.79 Å². The average Bonchev–Trinajstić information content (AvgIpc) is 2.81. The van der Waals surface area contributed by atoms with Crippen LogP contribution in [0.4, 0.5) is 22.9 Å². The van der Waals surface area contributed by atoms with E-state index in [2.05, 4.69) is 25.7 Å². The lowest BCUT2D eigenvalue weighted by molar-refractivity contribution is 0.102. The van der Waals surface area contributed by atoms with Crippen molar-refractivity contribution in [3.05, 3.63) is 71.9 Å². The molecule has 8 heteroatoms. The molecule has 0 bridgehead atoms. The van der Waals surface area contributed by atoms with Crippen LogP contribution in [-0.4, -0.2) is 42.4 Å². The number of nitriles is 1. The molecule has 8 nitrogen and oxygen atoms in total. The molecule has 0 unspecified atom stereocenters. The van der Waals surface area contributed by atoms with Crippen molar-refractivity contribution in [3.63, 3.8) is 0 Å². The molecular weight excluding hydrogens is 380 g/mol. The third-order valence-electron chi connectivity index (χ3n) is 4.69. The molecule has 30 heavy (non-hydrogen) atoms. The van der Waals surface area contributed by atoms with Crippen LogP contribution in [0.3, 0.4) is 0 Å². The fourth-order valence-corrected chi connectivity index (χ4v) is 3.13. The monoisotopic (exact) mass is 400 g/mol. The quantitative estimate of drug-likeness (QED) is 0.678. The SMILES string of the molecule is N#Cc1cccc(C(=O)Nc2ccc(Nc3cc(N4CCOCC4)cnn3)cc2)c1. The fraction of sp³-hybridized carbons (Fsp3) is 0.182. The third-order valence-corrected chi connectivity index (χ3v) is 4.69. The van der Waals surface area contributed by atoms with Gasteiger partial charge < -0.3 is 20.3 Å². The van der Waals surface area contributed by atoms with Crippen molar-refractivity contribution < 1.29 is 9.53 Å². The summed E-state index contributed by atoms with van der Waals surface area (Å²) in [6.45, 7) is 3.08. The Morgan fingerprint density at radius 1 is 1.07 bits per heavy atom. The number of nitrogens with one attached hydrogen (secondary N) is 2. The van der Waals surface area contributed by atoms with Gasteiger partial charge in [-0.2, -0.15) is 10.4 Å². The van der Waals surface area contributed by atoms with E-state index in [1.807, 2.05) is 24.3 Å². The molecule has 1 aromatic heterocycles. The Labute approximate surface area is 174 Å². The summed E-state index contributed by atoms with van der Waals surface area (Å²) in [4.78, 5) is 14.6. The molecular formula is C22H20N6O2. The zero-order chi connectivity index (χ0) is 20.8. The molecule has 0 radical (unpaired) electrons. The highest BCUT2D eigenvalue weighted by Gasteiger charge is 2.12. The normalized spacial score (nSPS) is 13.4. The summed E-state index contributed by atoms with van der Waals surface area (Å²) in [5.74, 6) is 0.376. The van der Waals surface area contributed by atoms with Crippen LogP contribution in [0, 0.1) is 11.3 Å². The number of rotatable bonds is 5. The molecule has 1 saturated heterocycles. The molecule has 1 fully saturated rings. The number of carbonyl (C=O) groups is 1. The van der Waals surface area contributed by atoms with Gasteiger partial charge in [0.2, 0.25) is 0 Å². The lowest BCUT2D eigenvalue weighted by atomic mass is 10.1. The van der Waals surface area contributed by atoms with Gasteiger partial charge in [0, 0.05) is 36.1 Å². The standard InChI is InChI=1S/C22H20N6O2/c23-14-16-2-1-3-17(12-16)22(29)26-19-6-4-18(5-7-19)25-21-13-20(15-24-27-21)28-8-10-30-11-9-28/h1-7,12-13,15H,8-11H2,(H,25,27)(H,26,29). The van der Waals surface area contributed by atoms with Crippen LogP contribution >= 0.6 is 0 Å².